The topological polar surface area (TPSA) is 75.3 Å². The first kappa shape index (κ1) is 20.9. The largest absolute Gasteiger partial charge is 0.463 e. The van der Waals surface area contributed by atoms with Crippen LogP contribution in [0.4, 0.5) is 11.4 Å². The number of nitrogens with zero attached hydrogens (tertiary/aromatic N) is 2. The summed E-state index contributed by atoms with van der Waals surface area (Å²) in [6, 6.07) is 23.5. The number of rotatable bonds is 6. The fourth-order valence-corrected chi connectivity index (χ4v) is 5.79. The van der Waals surface area contributed by atoms with Crippen LogP contribution < -0.4 is 4.90 Å². The molecule has 0 saturated heterocycles. The summed E-state index contributed by atoms with van der Waals surface area (Å²) in [5.74, 6) is 1.97. The van der Waals surface area contributed by atoms with E-state index in [2.05, 4.69) is 17.1 Å². The van der Waals surface area contributed by atoms with Crippen LogP contribution in [0.2, 0.25) is 0 Å². The van der Waals surface area contributed by atoms with Gasteiger partial charge in [0.1, 0.15) is 11.4 Å². The van der Waals surface area contributed by atoms with E-state index in [1.54, 1.807) is 24.3 Å². The summed E-state index contributed by atoms with van der Waals surface area (Å²) in [6.07, 6.45) is 3.61. The highest BCUT2D eigenvalue weighted by molar-refractivity contribution is 7.99. The van der Waals surface area contributed by atoms with Crippen LogP contribution >= 0.6 is 23.5 Å². The number of hydrogen-bond donors (Lipinski definition) is 1. The molecule has 0 radical (unpaired) electrons. The van der Waals surface area contributed by atoms with Gasteiger partial charge in [-0.1, -0.05) is 47.8 Å². The summed E-state index contributed by atoms with van der Waals surface area (Å²) in [7, 11) is 0. The first-order valence-electron chi connectivity index (χ1n) is 10.8. The molecule has 0 unspecified atom stereocenters. The SMILES string of the molecule is O=C(CCSc1nc(-c2ccco2)c(-c2ccco2)[nH]1)N1c2ccccc2Sc2ccccc21. The normalized spacial score (nSPS) is 12.4. The molecule has 2 aromatic carbocycles. The van der Waals surface area contributed by atoms with E-state index < -0.39 is 0 Å². The molecule has 8 heteroatoms. The Morgan fingerprint density at radius 3 is 2.18 bits per heavy atom. The average Bonchev–Trinajstić information content (AvgIpc) is 3.64. The predicted octanol–water partition coefficient (Wildman–Crippen LogP) is 7.24. The zero-order valence-electron chi connectivity index (χ0n) is 17.9. The summed E-state index contributed by atoms with van der Waals surface area (Å²) >= 11 is 3.20. The minimum Gasteiger partial charge on any atom is -0.463 e. The second-order valence-corrected chi connectivity index (χ2v) is 9.75. The number of anilines is 2. The summed E-state index contributed by atoms with van der Waals surface area (Å²) in [5.41, 5.74) is 3.30. The molecular formula is C26H19N3O3S2. The predicted molar refractivity (Wildman–Crippen MR) is 133 cm³/mol. The Labute approximate surface area is 204 Å². The summed E-state index contributed by atoms with van der Waals surface area (Å²) in [6.45, 7) is 0. The lowest BCUT2D eigenvalue weighted by atomic mass is 10.2. The second kappa shape index (κ2) is 8.96. The molecule has 1 aliphatic heterocycles. The highest BCUT2D eigenvalue weighted by atomic mass is 32.2. The van der Waals surface area contributed by atoms with E-state index in [4.69, 9.17) is 13.8 Å². The minimum atomic E-state index is 0.0526. The highest BCUT2D eigenvalue weighted by Gasteiger charge is 2.27. The van der Waals surface area contributed by atoms with E-state index in [0.29, 0.717) is 34.5 Å². The molecule has 3 aromatic heterocycles. The zero-order chi connectivity index (χ0) is 22.9. The number of imidazole rings is 1. The number of hydrogen-bond acceptors (Lipinski definition) is 6. The molecule has 0 atom stereocenters. The highest BCUT2D eigenvalue weighted by Crippen LogP contribution is 2.48. The number of fused-ring (bicyclic) bond motifs is 2. The maximum atomic E-state index is 13.4. The quantitative estimate of drug-likeness (QED) is 0.256. The van der Waals surface area contributed by atoms with Gasteiger partial charge in [0.05, 0.1) is 23.9 Å². The Morgan fingerprint density at radius 1 is 0.882 bits per heavy atom. The number of carbonyl (C=O) groups is 1. The molecule has 0 fully saturated rings. The van der Waals surface area contributed by atoms with Crippen molar-refractivity contribution in [3.8, 4) is 22.9 Å². The third-order valence-electron chi connectivity index (χ3n) is 5.44. The number of furan rings is 2. The summed E-state index contributed by atoms with van der Waals surface area (Å²) in [5, 5.41) is 0.709. The molecule has 0 spiro atoms. The molecule has 6 nitrogen and oxygen atoms in total. The van der Waals surface area contributed by atoms with Crippen molar-refractivity contribution >= 4 is 40.8 Å². The average molecular weight is 486 g/mol. The lowest BCUT2D eigenvalue weighted by Gasteiger charge is -2.31. The van der Waals surface area contributed by atoms with Crippen molar-refractivity contribution in [1.82, 2.24) is 9.97 Å². The number of aromatic amines is 1. The van der Waals surface area contributed by atoms with Gasteiger partial charge in [0.15, 0.2) is 16.7 Å². The number of thioether (sulfide) groups is 1. The Kier molecular flexibility index (Phi) is 5.52. The van der Waals surface area contributed by atoms with E-state index in [9.17, 15) is 4.79 Å². The fraction of sp³-hybridized carbons (Fsp3) is 0.0769. The van der Waals surface area contributed by atoms with Crippen LogP contribution in [0.3, 0.4) is 0 Å². The molecule has 1 aliphatic rings. The van der Waals surface area contributed by atoms with Gasteiger partial charge in [-0.15, -0.1) is 0 Å². The number of nitrogens with one attached hydrogen (secondary N) is 1. The molecular weight excluding hydrogens is 466 g/mol. The van der Waals surface area contributed by atoms with E-state index in [-0.39, 0.29) is 5.91 Å². The lowest BCUT2D eigenvalue weighted by molar-refractivity contribution is -0.117. The molecule has 34 heavy (non-hydrogen) atoms. The minimum absolute atomic E-state index is 0.0526. The van der Waals surface area contributed by atoms with E-state index in [0.717, 1.165) is 26.9 Å². The van der Waals surface area contributed by atoms with Gasteiger partial charge in [-0.2, -0.15) is 0 Å². The first-order chi connectivity index (χ1) is 16.8. The van der Waals surface area contributed by atoms with Gasteiger partial charge in [-0.25, -0.2) is 4.98 Å². The number of aromatic nitrogens is 2. The number of carbonyl (C=O) groups excluding carboxylic acids is 1. The maximum absolute atomic E-state index is 13.4. The van der Waals surface area contributed by atoms with Gasteiger partial charge in [0.2, 0.25) is 5.91 Å². The maximum Gasteiger partial charge on any atom is 0.232 e. The molecule has 0 aliphatic carbocycles. The number of H-pyrrole nitrogens is 1. The van der Waals surface area contributed by atoms with Gasteiger partial charge in [0.25, 0.3) is 0 Å². The summed E-state index contributed by atoms with van der Waals surface area (Å²) in [4.78, 5) is 25.4. The van der Waals surface area contributed by atoms with Crippen molar-refractivity contribution < 1.29 is 13.6 Å². The Balaban J connectivity index is 1.22. The van der Waals surface area contributed by atoms with Crippen molar-refractivity contribution in [3.05, 3.63) is 85.3 Å². The second-order valence-electron chi connectivity index (χ2n) is 7.59. The monoisotopic (exact) mass is 485 g/mol. The molecule has 6 rings (SSSR count). The number of benzene rings is 2. The van der Waals surface area contributed by atoms with E-state index in [1.807, 2.05) is 65.6 Å². The molecule has 1 N–H and O–H groups in total. The molecule has 4 heterocycles. The zero-order valence-corrected chi connectivity index (χ0v) is 19.6. The van der Waals surface area contributed by atoms with Gasteiger partial charge in [0, 0.05) is 22.0 Å². The molecule has 0 bridgehead atoms. The summed E-state index contributed by atoms with van der Waals surface area (Å²) < 4.78 is 11.1. The third kappa shape index (κ3) is 3.85. The van der Waals surface area contributed by atoms with E-state index in [1.165, 1.54) is 11.8 Å². The Hall–Kier alpha value is -3.62. The van der Waals surface area contributed by atoms with Crippen LogP contribution in [0, 0.1) is 0 Å². The molecule has 5 aromatic rings. The van der Waals surface area contributed by atoms with Crippen LogP contribution in [-0.2, 0) is 4.79 Å². The van der Waals surface area contributed by atoms with Gasteiger partial charge in [-0.05, 0) is 48.5 Å². The Bertz CT molecular complexity index is 1340. The third-order valence-corrected chi connectivity index (χ3v) is 7.45. The van der Waals surface area contributed by atoms with Crippen LogP contribution in [0.15, 0.2) is 109 Å². The molecule has 0 saturated carbocycles. The van der Waals surface area contributed by atoms with Crippen LogP contribution in [-0.4, -0.2) is 21.6 Å². The van der Waals surface area contributed by atoms with Crippen LogP contribution in [0.5, 0.6) is 0 Å². The first-order valence-corrected chi connectivity index (χ1v) is 12.6. The van der Waals surface area contributed by atoms with Gasteiger partial charge < -0.3 is 13.8 Å². The molecule has 168 valence electrons. The van der Waals surface area contributed by atoms with Crippen LogP contribution in [0.25, 0.3) is 22.9 Å². The van der Waals surface area contributed by atoms with E-state index >= 15 is 0 Å². The van der Waals surface area contributed by atoms with Crippen molar-refractivity contribution in [2.75, 3.05) is 10.7 Å². The Morgan fingerprint density at radius 2 is 1.53 bits per heavy atom. The van der Waals surface area contributed by atoms with Crippen molar-refractivity contribution in [2.45, 2.75) is 21.4 Å². The van der Waals surface area contributed by atoms with Crippen LogP contribution in [0.1, 0.15) is 6.42 Å². The number of amides is 1. The van der Waals surface area contributed by atoms with Crippen molar-refractivity contribution in [3.63, 3.8) is 0 Å². The lowest BCUT2D eigenvalue weighted by Crippen LogP contribution is -2.28. The molecule has 1 amide bonds. The fourth-order valence-electron chi connectivity index (χ4n) is 3.93. The van der Waals surface area contributed by atoms with Crippen molar-refractivity contribution in [2.24, 2.45) is 0 Å². The van der Waals surface area contributed by atoms with Gasteiger partial charge in [-0.3, -0.25) is 9.69 Å². The van der Waals surface area contributed by atoms with Crippen molar-refractivity contribution in [1.29, 1.82) is 0 Å². The standard InChI is InChI=1S/C26H19N3O3S2/c30-23(29-17-7-1-3-11-21(17)34-22-12-4-2-8-18(22)29)13-16-33-26-27-24(19-9-5-14-31-19)25(28-26)20-10-6-15-32-20/h1-12,14-15H,13,16H2,(H,27,28). The number of para-hydroxylation sites is 2. The van der Waals surface area contributed by atoms with Gasteiger partial charge >= 0.3 is 0 Å². The smallest absolute Gasteiger partial charge is 0.232 e.